The van der Waals surface area contributed by atoms with Gasteiger partial charge in [0.1, 0.15) is 6.04 Å². The number of sulfonamides is 1. The van der Waals surface area contributed by atoms with Crippen LogP contribution in [0.25, 0.3) is 10.9 Å². The van der Waals surface area contributed by atoms with Crippen LogP contribution in [0.15, 0.2) is 59.6 Å². The van der Waals surface area contributed by atoms with Gasteiger partial charge in [0.25, 0.3) is 0 Å². The van der Waals surface area contributed by atoms with Crippen molar-refractivity contribution in [2.45, 2.75) is 17.9 Å². The minimum absolute atomic E-state index is 0.209. The predicted molar refractivity (Wildman–Crippen MR) is 115 cm³/mol. The molecule has 1 aliphatic heterocycles. The third-order valence-corrected chi connectivity index (χ3v) is 7.64. The van der Waals surface area contributed by atoms with Crippen LogP contribution in [0.4, 0.5) is 0 Å². The Morgan fingerprint density at radius 3 is 2.64 bits per heavy atom. The van der Waals surface area contributed by atoms with E-state index < -0.39 is 16.1 Å². The summed E-state index contributed by atoms with van der Waals surface area (Å²) in [6, 6.07) is 13.5. The van der Waals surface area contributed by atoms with Crippen LogP contribution in [0.5, 0.6) is 0 Å². The number of hydrogen-bond donors (Lipinski definition) is 1. The molecule has 1 N–H and O–H groups in total. The van der Waals surface area contributed by atoms with Crippen LogP contribution in [-0.4, -0.2) is 36.7 Å². The normalized spacial score (nSPS) is 18.2. The first-order valence-corrected chi connectivity index (χ1v) is 11.3. The van der Waals surface area contributed by atoms with Gasteiger partial charge in [0.2, 0.25) is 15.9 Å². The molecule has 0 spiro atoms. The van der Waals surface area contributed by atoms with E-state index in [9.17, 15) is 13.2 Å². The van der Waals surface area contributed by atoms with Gasteiger partial charge >= 0.3 is 0 Å². The highest BCUT2D eigenvalue weighted by molar-refractivity contribution is 14.1. The molecule has 1 unspecified atom stereocenters. The number of nitrogens with zero attached hydrogens (tertiary/aromatic N) is 2. The molecule has 0 saturated carbocycles. The number of hydrogen-bond acceptors (Lipinski definition) is 4. The maximum atomic E-state index is 13.7. The standard InChI is InChI=1S/C20H18IN3O3S/c1-13-4-9-17-16(3-2-10-22-17)19(13)28(26,27)24-12-11-23-20(25)18(24)14-5-7-15(21)8-6-14/h2-10,18H,11-12H2,1H3,(H,23,25). The molecule has 28 heavy (non-hydrogen) atoms. The van der Waals surface area contributed by atoms with Gasteiger partial charge in [-0.2, -0.15) is 4.31 Å². The molecular formula is C20H18IN3O3S. The number of aromatic nitrogens is 1. The van der Waals surface area contributed by atoms with Crippen molar-refractivity contribution in [2.24, 2.45) is 0 Å². The van der Waals surface area contributed by atoms with Crippen molar-refractivity contribution < 1.29 is 13.2 Å². The number of fused-ring (bicyclic) bond motifs is 1. The Morgan fingerprint density at radius 2 is 1.89 bits per heavy atom. The van der Waals surface area contributed by atoms with E-state index in [2.05, 4.69) is 32.9 Å². The van der Waals surface area contributed by atoms with Gasteiger partial charge < -0.3 is 5.32 Å². The fraction of sp³-hybridized carbons (Fsp3) is 0.200. The highest BCUT2D eigenvalue weighted by Gasteiger charge is 2.40. The molecule has 8 heteroatoms. The molecule has 4 rings (SSSR count). The molecule has 1 fully saturated rings. The summed E-state index contributed by atoms with van der Waals surface area (Å²) < 4.78 is 29.8. The van der Waals surface area contributed by atoms with E-state index in [0.29, 0.717) is 22.0 Å². The number of amides is 1. The number of aryl methyl sites for hydroxylation is 1. The van der Waals surface area contributed by atoms with Crippen molar-refractivity contribution in [3.63, 3.8) is 0 Å². The SMILES string of the molecule is Cc1ccc2ncccc2c1S(=O)(=O)N1CCNC(=O)C1c1ccc(I)cc1. The Kier molecular flexibility index (Phi) is 5.11. The van der Waals surface area contributed by atoms with E-state index in [4.69, 9.17) is 0 Å². The van der Waals surface area contributed by atoms with Gasteiger partial charge in [0.05, 0.1) is 10.4 Å². The lowest BCUT2D eigenvalue weighted by Crippen LogP contribution is -2.52. The Balaban J connectivity index is 1.89. The number of piperazine rings is 1. The fourth-order valence-electron chi connectivity index (χ4n) is 3.56. The lowest BCUT2D eigenvalue weighted by molar-refractivity contribution is -0.126. The van der Waals surface area contributed by atoms with Crippen molar-refractivity contribution in [3.8, 4) is 0 Å². The van der Waals surface area contributed by atoms with E-state index in [1.165, 1.54) is 4.31 Å². The Morgan fingerprint density at radius 1 is 1.14 bits per heavy atom. The number of rotatable bonds is 3. The topological polar surface area (TPSA) is 79.4 Å². The number of carbonyl (C=O) groups excluding carboxylic acids is 1. The Bertz CT molecular complexity index is 1160. The first-order valence-electron chi connectivity index (χ1n) is 8.79. The summed E-state index contributed by atoms with van der Waals surface area (Å²) in [4.78, 5) is 17.2. The van der Waals surface area contributed by atoms with Crippen LogP contribution in [0, 0.1) is 10.5 Å². The largest absolute Gasteiger partial charge is 0.353 e. The molecule has 0 bridgehead atoms. The second kappa shape index (κ2) is 7.41. The summed E-state index contributed by atoms with van der Waals surface area (Å²) in [5, 5.41) is 3.36. The van der Waals surface area contributed by atoms with Gasteiger partial charge in [-0.25, -0.2) is 8.42 Å². The summed E-state index contributed by atoms with van der Waals surface area (Å²) in [6.45, 7) is 2.25. The zero-order valence-electron chi connectivity index (χ0n) is 15.1. The van der Waals surface area contributed by atoms with Crippen molar-refractivity contribution in [2.75, 3.05) is 13.1 Å². The second-order valence-corrected chi connectivity index (χ2v) is 9.72. The van der Waals surface area contributed by atoms with Gasteiger partial charge in [-0.05, 0) is 71.0 Å². The van der Waals surface area contributed by atoms with E-state index in [-0.39, 0.29) is 23.9 Å². The lowest BCUT2D eigenvalue weighted by atomic mass is 10.1. The molecule has 1 atom stereocenters. The zero-order chi connectivity index (χ0) is 19.9. The van der Waals surface area contributed by atoms with E-state index in [0.717, 1.165) is 3.57 Å². The smallest absolute Gasteiger partial charge is 0.245 e. The van der Waals surface area contributed by atoms with Crippen LogP contribution < -0.4 is 5.32 Å². The zero-order valence-corrected chi connectivity index (χ0v) is 18.1. The Labute approximate surface area is 177 Å². The highest BCUT2D eigenvalue weighted by atomic mass is 127. The minimum atomic E-state index is -3.93. The minimum Gasteiger partial charge on any atom is -0.353 e. The Hall–Kier alpha value is -2.04. The van der Waals surface area contributed by atoms with Crippen molar-refractivity contribution in [1.29, 1.82) is 0 Å². The van der Waals surface area contributed by atoms with Gasteiger partial charge in [-0.15, -0.1) is 0 Å². The van der Waals surface area contributed by atoms with Crippen LogP contribution >= 0.6 is 22.6 Å². The first-order chi connectivity index (χ1) is 13.4. The summed E-state index contributed by atoms with van der Waals surface area (Å²) in [5.74, 6) is -0.313. The molecule has 2 aromatic carbocycles. The number of halogens is 1. The molecule has 0 aliphatic carbocycles. The van der Waals surface area contributed by atoms with E-state index >= 15 is 0 Å². The maximum Gasteiger partial charge on any atom is 0.245 e. The second-order valence-electron chi connectivity index (χ2n) is 6.64. The van der Waals surface area contributed by atoms with E-state index in [1.54, 1.807) is 43.5 Å². The molecule has 1 aromatic heterocycles. The monoisotopic (exact) mass is 507 g/mol. The fourth-order valence-corrected chi connectivity index (χ4v) is 5.91. The molecule has 6 nitrogen and oxygen atoms in total. The highest BCUT2D eigenvalue weighted by Crippen LogP contribution is 2.34. The van der Waals surface area contributed by atoms with Crippen LogP contribution in [0.3, 0.4) is 0 Å². The lowest BCUT2D eigenvalue weighted by Gasteiger charge is -2.34. The third-order valence-electron chi connectivity index (χ3n) is 4.85. The molecule has 2 heterocycles. The van der Waals surface area contributed by atoms with Gasteiger partial charge in [0.15, 0.2) is 0 Å². The first kappa shape index (κ1) is 19.3. The molecule has 144 valence electrons. The quantitative estimate of drug-likeness (QED) is 0.553. The number of nitrogens with one attached hydrogen (secondary N) is 1. The number of pyridine rings is 1. The third kappa shape index (κ3) is 3.29. The molecule has 3 aromatic rings. The average Bonchev–Trinajstić information content (AvgIpc) is 2.68. The number of benzene rings is 2. The van der Waals surface area contributed by atoms with Crippen LogP contribution in [0.1, 0.15) is 17.2 Å². The summed E-state index contributed by atoms with van der Waals surface area (Å²) in [5.41, 5.74) is 1.89. The van der Waals surface area contributed by atoms with Crippen LogP contribution in [0.2, 0.25) is 0 Å². The molecule has 1 amide bonds. The molecule has 1 saturated heterocycles. The number of carbonyl (C=O) groups is 1. The maximum absolute atomic E-state index is 13.7. The average molecular weight is 507 g/mol. The van der Waals surface area contributed by atoms with Crippen molar-refractivity contribution >= 4 is 49.4 Å². The van der Waals surface area contributed by atoms with Crippen molar-refractivity contribution in [1.82, 2.24) is 14.6 Å². The summed E-state index contributed by atoms with van der Waals surface area (Å²) in [7, 11) is -3.93. The van der Waals surface area contributed by atoms with Crippen molar-refractivity contribution in [3.05, 3.63) is 69.4 Å². The predicted octanol–water partition coefficient (Wildman–Crippen LogP) is 3.01. The molecular weight excluding hydrogens is 489 g/mol. The van der Waals surface area contributed by atoms with E-state index in [1.807, 2.05) is 18.2 Å². The van der Waals surface area contributed by atoms with Gasteiger partial charge in [-0.3, -0.25) is 9.78 Å². The van der Waals surface area contributed by atoms with Gasteiger partial charge in [-0.1, -0.05) is 18.2 Å². The summed E-state index contributed by atoms with van der Waals surface area (Å²) in [6.07, 6.45) is 1.64. The molecule has 0 radical (unpaired) electrons. The van der Waals surface area contributed by atoms with Crippen LogP contribution in [-0.2, 0) is 14.8 Å². The summed E-state index contributed by atoms with van der Waals surface area (Å²) >= 11 is 2.18. The molecule has 1 aliphatic rings. The van der Waals surface area contributed by atoms with Gasteiger partial charge in [0, 0.05) is 28.2 Å².